The van der Waals surface area contributed by atoms with E-state index in [4.69, 9.17) is 16.3 Å². The first-order valence-electron chi connectivity index (χ1n) is 17.5. The number of nitrogens with zero attached hydrogens (tertiary/aromatic N) is 6. The van der Waals surface area contributed by atoms with E-state index in [1.165, 1.54) is 25.2 Å². The summed E-state index contributed by atoms with van der Waals surface area (Å²) in [7, 11) is 1.31. The zero-order valence-electron chi connectivity index (χ0n) is 29.7. The first kappa shape index (κ1) is 37.6. The van der Waals surface area contributed by atoms with Gasteiger partial charge in [0.15, 0.2) is 11.5 Å². The number of nitrogens with one attached hydrogen (secondary N) is 2. The summed E-state index contributed by atoms with van der Waals surface area (Å²) in [6, 6.07) is 2.59. The minimum atomic E-state index is -4.95. The lowest BCUT2D eigenvalue weighted by atomic mass is 9.95. The number of hydrogen-bond acceptors (Lipinski definition) is 7. The maximum Gasteiger partial charge on any atom is 0.435 e. The highest BCUT2D eigenvalue weighted by Crippen LogP contribution is 2.53. The molecule has 290 valence electrons. The van der Waals surface area contributed by atoms with E-state index in [2.05, 4.69) is 20.7 Å². The van der Waals surface area contributed by atoms with Gasteiger partial charge in [0, 0.05) is 75.3 Å². The van der Waals surface area contributed by atoms with Gasteiger partial charge >= 0.3 is 12.3 Å². The smallest absolute Gasteiger partial charge is 0.435 e. The fourth-order valence-corrected chi connectivity index (χ4v) is 7.58. The molecular formula is C35H38ClF5N8O5. The normalized spacial score (nSPS) is 23.5. The van der Waals surface area contributed by atoms with Crippen LogP contribution in [0.1, 0.15) is 72.7 Å². The van der Waals surface area contributed by atoms with Gasteiger partial charge in [0.05, 0.1) is 28.0 Å². The molecule has 3 aromatic rings. The number of hydrogen-bond donors (Lipinski definition) is 2. The molecule has 0 radical (unpaired) electrons. The zero-order chi connectivity index (χ0) is 39.1. The number of fused-ring (bicyclic) bond motifs is 1. The molecule has 2 N–H and O–H groups in total. The summed E-state index contributed by atoms with van der Waals surface area (Å²) in [6.45, 7) is 7.36. The molecule has 54 heavy (non-hydrogen) atoms. The Morgan fingerprint density at radius 1 is 1.00 bits per heavy atom. The van der Waals surface area contributed by atoms with Crippen molar-refractivity contribution in [1.29, 1.82) is 0 Å². The van der Waals surface area contributed by atoms with Crippen LogP contribution in [0.3, 0.4) is 0 Å². The Kier molecular flexibility index (Phi) is 9.21. The summed E-state index contributed by atoms with van der Waals surface area (Å²) in [5.41, 5.74) is -2.30. The fraction of sp³-hybridized carbons (Fsp3) is 0.543. The molecule has 7 rings (SSSR count). The molecule has 4 aliphatic rings. The van der Waals surface area contributed by atoms with Crippen molar-refractivity contribution >= 4 is 41.1 Å². The lowest BCUT2D eigenvalue weighted by Crippen LogP contribution is -2.46. The van der Waals surface area contributed by atoms with Gasteiger partial charge in [-0.25, -0.2) is 18.6 Å². The lowest BCUT2D eigenvalue weighted by molar-refractivity contribution is -0.141. The molecule has 4 atom stereocenters. The van der Waals surface area contributed by atoms with Gasteiger partial charge in [-0.3, -0.25) is 19.1 Å². The van der Waals surface area contributed by atoms with E-state index in [1.54, 1.807) is 4.90 Å². The monoisotopic (exact) mass is 780 g/mol. The summed E-state index contributed by atoms with van der Waals surface area (Å²) in [5, 5.41) is 8.96. The fourth-order valence-electron chi connectivity index (χ4n) is 7.31. The van der Waals surface area contributed by atoms with Crippen LogP contribution in [0.5, 0.6) is 0 Å². The third-order valence-electron chi connectivity index (χ3n) is 10.4. The highest BCUT2D eigenvalue weighted by atomic mass is 35.5. The Bertz CT molecular complexity index is 2010. The van der Waals surface area contributed by atoms with Gasteiger partial charge in [-0.15, -0.1) is 0 Å². The number of aromatic nitrogens is 4. The SMILES string of the molecule is Cn1c(-c2cn(C3CC3(F)F)nc2C(F)(F)F)cnc1C(=O)Nc1ccc(C(=O)N[C@@H]2[C@@H]3CN(C(=O)C4CCN(C(=O)OC(C)(C)C)CC4)C[C@@H]32)c(Cl)c1. The molecule has 4 amide bonds. The van der Waals surface area contributed by atoms with E-state index >= 15 is 0 Å². The number of benzene rings is 1. The lowest BCUT2D eigenvalue weighted by Gasteiger charge is -2.34. The summed E-state index contributed by atoms with van der Waals surface area (Å²) < 4.78 is 75.7. The van der Waals surface area contributed by atoms with E-state index in [0.29, 0.717) is 43.7 Å². The highest BCUT2D eigenvalue weighted by Gasteiger charge is 2.60. The minimum Gasteiger partial charge on any atom is -0.444 e. The summed E-state index contributed by atoms with van der Waals surface area (Å²) >= 11 is 6.43. The van der Waals surface area contributed by atoms with E-state index in [9.17, 15) is 41.1 Å². The number of piperidine rings is 2. The Hall–Kier alpha value is -4.74. The van der Waals surface area contributed by atoms with Crippen molar-refractivity contribution in [3.63, 3.8) is 0 Å². The van der Waals surface area contributed by atoms with E-state index in [0.717, 1.165) is 17.0 Å². The second kappa shape index (κ2) is 13.2. The molecule has 0 bridgehead atoms. The molecule has 19 heteroatoms. The number of rotatable bonds is 7. The second-order valence-electron chi connectivity index (χ2n) is 15.3. The highest BCUT2D eigenvalue weighted by molar-refractivity contribution is 6.34. The Labute approximate surface area is 311 Å². The van der Waals surface area contributed by atoms with Crippen molar-refractivity contribution in [1.82, 2.24) is 34.4 Å². The van der Waals surface area contributed by atoms with Gasteiger partial charge in [-0.2, -0.15) is 18.3 Å². The van der Waals surface area contributed by atoms with Crippen molar-refractivity contribution in [2.45, 2.75) is 69.8 Å². The van der Waals surface area contributed by atoms with Crippen LogP contribution in [-0.2, 0) is 22.8 Å². The number of carbonyl (C=O) groups is 4. The van der Waals surface area contributed by atoms with Gasteiger partial charge in [0.25, 0.3) is 17.7 Å². The van der Waals surface area contributed by atoms with Crippen LogP contribution in [-0.4, -0.2) is 96.7 Å². The second-order valence-corrected chi connectivity index (χ2v) is 15.7. The average molecular weight is 781 g/mol. The molecule has 1 unspecified atom stereocenters. The zero-order valence-corrected chi connectivity index (χ0v) is 30.5. The maximum atomic E-state index is 13.8. The van der Waals surface area contributed by atoms with Crippen LogP contribution in [0.15, 0.2) is 30.6 Å². The van der Waals surface area contributed by atoms with Crippen LogP contribution in [0.4, 0.5) is 32.4 Å². The standard InChI is InChI=1S/C35H38ClF5N8O5/c1-33(2,3)54-32(53)47-9-7-17(8-10-47)31(52)48-14-20-21(15-48)26(20)44-29(50)19-6-5-18(11-23(19)36)43-30(51)28-42-13-24(46(28)4)22-16-49(25-12-34(25,37)38)45-27(22)35(39,40)41/h5-6,11,13,16-17,20-21,25-26H,7-10,12,14-15H2,1-4H3,(H,43,51)(H,44,50)/t20-,21+,25?,26-. The number of likely N-dealkylation sites (tertiary alicyclic amines) is 2. The van der Waals surface area contributed by atoms with Crippen LogP contribution in [0.2, 0.25) is 5.02 Å². The maximum absolute atomic E-state index is 13.8. The molecule has 13 nitrogen and oxygen atoms in total. The molecular weight excluding hydrogens is 743 g/mol. The molecule has 4 fully saturated rings. The minimum absolute atomic E-state index is 0.0327. The van der Waals surface area contributed by atoms with Gasteiger partial charge < -0.3 is 29.7 Å². The van der Waals surface area contributed by atoms with E-state index < -0.39 is 53.2 Å². The van der Waals surface area contributed by atoms with E-state index in [1.807, 2.05) is 25.7 Å². The quantitative estimate of drug-likeness (QED) is 0.297. The summed E-state index contributed by atoms with van der Waals surface area (Å²) in [6.07, 6.45) is -2.94. The van der Waals surface area contributed by atoms with Gasteiger partial charge in [-0.05, 0) is 51.8 Å². The van der Waals surface area contributed by atoms with Crippen LogP contribution in [0, 0.1) is 17.8 Å². The predicted octanol–water partition coefficient (Wildman–Crippen LogP) is 5.62. The molecule has 2 saturated carbocycles. The average Bonchev–Trinajstić information content (AvgIpc) is 3.58. The van der Waals surface area contributed by atoms with Crippen LogP contribution < -0.4 is 10.6 Å². The number of amides is 4. The first-order valence-corrected chi connectivity index (χ1v) is 17.8. The number of halogens is 6. The third kappa shape index (κ3) is 7.36. The Morgan fingerprint density at radius 2 is 1.65 bits per heavy atom. The van der Waals surface area contributed by atoms with Gasteiger partial charge in [-0.1, -0.05) is 11.6 Å². The largest absolute Gasteiger partial charge is 0.444 e. The molecule has 2 aliphatic heterocycles. The molecule has 2 aliphatic carbocycles. The number of anilines is 1. The van der Waals surface area contributed by atoms with E-state index in [-0.39, 0.29) is 63.6 Å². The number of alkyl halides is 5. The molecule has 1 aromatic carbocycles. The van der Waals surface area contributed by atoms with Crippen molar-refractivity contribution < 1.29 is 45.9 Å². The van der Waals surface area contributed by atoms with Crippen molar-refractivity contribution in [3.8, 4) is 11.3 Å². The number of carbonyl (C=O) groups excluding carboxylic acids is 4. The van der Waals surface area contributed by atoms with Crippen molar-refractivity contribution in [2.75, 3.05) is 31.5 Å². The molecule has 4 heterocycles. The number of imidazole rings is 1. The van der Waals surface area contributed by atoms with Gasteiger partial charge in [0.2, 0.25) is 5.91 Å². The predicted molar refractivity (Wildman–Crippen MR) is 183 cm³/mol. The van der Waals surface area contributed by atoms with Gasteiger partial charge in [0.1, 0.15) is 11.6 Å². The molecule has 2 saturated heterocycles. The topological polar surface area (TPSA) is 144 Å². The summed E-state index contributed by atoms with van der Waals surface area (Å²) in [5.74, 6) is -4.57. The Balaban J connectivity index is 0.917. The van der Waals surface area contributed by atoms with Crippen molar-refractivity contribution in [2.24, 2.45) is 24.8 Å². The number of ether oxygens (including phenoxy) is 1. The third-order valence-corrected chi connectivity index (χ3v) is 10.7. The molecule has 2 aromatic heterocycles. The van der Waals surface area contributed by atoms with Crippen LogP contribution >= 0.6 is 11.6 Å². The van der Waals surface area contributed by atoms with Crippen LogP contribution in [0.25, 0.3) is 11.3 Å². The molecule has 0 spiro atoms. The Morgan fingerprint density at radius 3 is 2.22 bits per heavy atom. The van der Waals surface area contributed by atoms with Crippen molar-refractivity contribution in [3.05, 3.63) is 52.7 Å². The summed E-state index contributed by atoms with van der Waals surface area (Å²) in [4.78, 5) is 59.3. The first-order chi connectivity index (χ1) is 25.2.